The highest BCUT2D eigenvalue weighted by Crippen LogP contribution is 2.13. The largest absolute Gasteiger partial charge is 0.473 e. The number of benzene rings is 1. The van der Waals surface area contributed by atoms with Gasteiger partial charge in [-0.2, -0.15) is 0 Å². The third-order valence-electron chi connectivity index (χ3n) is 2.89. The standard InChI is InChI=1S/C15H15N3O/c1-2-9-17(8-1)13-19-15-5-3-14(4-6-15)11-18-10-7-16-12-18/h1-10,12H,11,13H2. The Morgan fingerprint density at radius 1 is 0.947 bits per heavy atom. The summed E-state index contributed by atoms with van der Waals surface area (Å²) in [5, 5.41) is 0. The fourth-order valence-electron chi connectivity index (χ4n) is 1.89. The predicted octanol–water partition coefficient (Wildman–Crippen LogP) is 2.77. The van der Waals surface area contributed by atoms with Crippen molar-refractivity contribution < 1.29 is 4.74 Å². The Hall–Kier alpha value is -2.49. The molecular formula is C15H15N3O. The molecule has 0 unspecified atom stereocenters. The van der Waals surface area contributed by atoms with Crippen molar-refractivity contribution in [2.24, 2.45) is 0 Å². The van der Waals surface area contributed by atoms with Crippen LogP contribution < -0.4 is 4.74 Å². The maximum absolute atomic E-state index is 5.68. The smallest absolute Gasteiger partial charge is 0.164 e. The van der Waals surface area contributed by atoms with Gasteiger partial charge in [0.1, 0.15) is 5.75 Å². The molecule has 0 N–H and O–H groups in total. The number of aromatic nitrogens is 3. The second-order valence-electron chi connectivity index (χ2n) is 4.35. The molecular weight excluding hydrogens is 238 g/mol. The molecule has 0 aliphatic heterocycles. The summed E-state index contributed by atoms with van der Waals surface area (Å²) in [5.41, 5.74) is 1.23. The first kappa shape index (κ1) is 11.6. The van der Waals surface area contributed by atoms with Gasteiger partial charge in [-0.15, -0.1) is 0 Å². The van der Waals surface area contributed by atoms with Crippen molar-refractivity contribution in [3.8, 4) is 5.75 Å². The molecule has 0 amide bonds. The van der Waals surface area contributed by atoms with Gasteiger partial charge in [-0.1, -0.05) is 12.1 Å². The minimum absolute atomic E-state index is 0.536. The first-order valence-corrected chi connectivity index (χ1v) is 6.18. The van der Waals surface area contributed by atoms with Gasteiger partial charge in [-0.3, -0.25) is 0 Å². The van der Waals surface area contributed by atoms with Crippen LogP contribution >= 0.6 is 0 Å². The number of imidazole rings is 1. The Labute approximate surface area is 111 Å². The van der Waals surface area contributed by atoms with Gasteiger partial charge in [0.2, 0.25) is 0 Å². The van der Waals surface area contributed by atoms with Gasteiger partial charge in [0.25, 0.3) is 0 Å². The van der Waals surface area contributed by atoms with Crippen molar-refractivity contribution in [2.45, 2.75) is 13.3 Å². The van der Waals surface area contributed by atoms with Crippen LogP contribution in [0.1, 0.15) is 5.56 Å². The SMILES string of the molecule is c1ccn(COc2ccc(Cn3ccnc3)cc2)c1. The van der Waals surface area contributed by atoms with Gasteiger partial charge in [0.15, 0.2) is 6.73 Å². The number of nitrogens with zero attached hydrogens (tertiary/aromatic N) is 3. The topological polar surface area (TPSA) is 32.0 Å². The molecule has 3 aromatic rings. The van der Waals surface area contributed by atoms with Crippen LogP contribution in [-0.2, 0) is 13.3 Å². The number of ether oxygens (including phenoxy) is 1. The Morgan fingerprint density at radius 3 is 2.42 bits per heavy atom. The van der Waals surface area contributed by atoms with Gasteiger partial charge >= 0.3 is 0 Å². The first-order valence-electron chi connectivity index (χ1n) is 6.18. The van der Waals surface area contributed by atoms with E-state index in [0.717, 1.165) is 12.3 Å². The summed E-state index contributed by atoms with van der Waals surface area (Å²) in [5.74, 6) is 0.878. The van der Waals surface area contributed by atoms with Crippen LogP contribution in [0.4, 0.5) is 0 Å². The summed E-state index contributed by atoms with van der Waals surface area (Å²) in [6, 6.07) is 12.1. The van der Waals surface area contributed by atoms with Crippen molar-refractivity contribution in [1.82, 2.24) is 14.1 Å². The van der Waals surface area contributed by atoms with Gasteiger partial charge in [-0.25, -0.2) is 4.98 Å². The lowest BCUT2D eigenvalue weighted by atomic mass is 10.2. The van der Waals surface area contributed by atoms with Crippen LogP contribution in [0.3, 0.4) is 0 Å². The van der Waals surface area contributed by atoms with Crippen LogP contribution in [-0.4, -0.2) is 14.1 Å². The summed E-state index contributed by atoms with van der Waals surface area (Å²) in [6.45, 7) is 1.37. The lowest BCUT2D eigenvalue weighted by molar-refractivity contribution is 0.237. The maximum atomic E-state index is 5.68. The van der Waals surface area contributed by atoms with Gasteiger partial charge < -0.3 is 13.9 Å². The highest BCUT2D eigenvalue weighted by Gasteiger charge is 1.97. The summed E-state index contributed by atoms with van der Waals surface area (Å²) >= 11 is 0. The molecule has 0 atom stereocenters. The average Bonchev–Trinajstić information content (AvgIpc) is 3.11. The Bertz CT molecular complexity index is 597. The molecule has 4 heteroatoms. The molecule has 0 saturated heterocycles. The Balaban J connectivity index is 1.59. The minimum Gasteiger partial charge on any atom is -0.473 e. The Kier molecular flexibility index (Phi) is 3.32. The summed E-state index contributed by atoms with van der Waals surface area (Å²) < 4.78 is 9.71. The van der Waals surface area contributed by atoms with E-state index in [1.807, 2.05) is 58.3 Å². The zero-order valence-corrected chi connectivity index (χ0v) is 10.5. The lowest BCUT2D eigenvalue weighted by Gasteiger charge is -2.08. The average molecular weight is 253 g/mol. The van der Waals surface area contributed by atoms with Crippen LogP contribution in [0.15, 0.2) is 67.5 Å². The highest BCUT2D eigenvalue weighted by molar-refractivity contribution is 5.27. The van der Waals surface area contributed by atoms with E-state index in [1.54, 1.807) is 6.20 Å². The fraction of sp³-hybridized carbons (Fsp3) is 0.133. The van der Waals surface area contributed by atoms with Crippen molar-refractivity contribution in [3.05, 3.63) is 73.1 Å². The molecule has 4 nitrogen and oxygen atoms in total. The van der Waals surface area contributed by atoms with Crippen LogP contribution in [0.25, 0.3) is 0 Å². The monoisotopic (exact) mass is 253 g/mol. The normalized spacial score (nSPS) is 10.5. The molecule has 0 fully saturated rings. The van der Waals surface area contributed by atoms with E-state index in [2.05, 4.69) is 17.1 Å². The zero-order chi connectivity index (χ0) is 12.9. The van der Waals surface area contributed by atoms with Crippen LogP contribution in [0.2, 0.25) is 0 Å². The second-order valence-corrected chi connectivity index (χ2v) is 4.35. The third kappa shape index (κ3) is 3.04. The number of hydrogen-bond acceptors (Lipinski definition) is 2. The van der Waals surface area contributed by atoms with E-state index in [4.69, 9.17) is 4.74 Å². The molecule has 3 rings (SSSR count). The minimum atomic E-state index is 0.536. The second kappa shape index (κ2) is 5.44. The molecule has 0 aliphatic rings. The molecule has 0 bridgehead atoms. The maximum Gasteiger partial charge on any atom is 0.164 e. The molecule has 2 aromatic heterocycles. The molecule has 0 spiro atoms. The van der Waals surface area contributed by atoms with Gasteiger partial charge in [0, 0.05) is 31.3 Å². The first-order chi connectivity index (χ1) is 9.40. The van der Waals surface area contributed by atoms with Crippen molar-refractivity contribution in [2.75, 3.05) is 0 Å². The van der Waals surface area contributed by atoms with E-state index >= 15 is 0 Å². The predicted molar refractivity (Wildman–Crippen MR) is 72.8 cm³/mol. The molecule has 2 heterocycles. The van der Waals surface area contributed by atoms with E-state index in [9.17, 15) is 0 Å². The molecule has 1 aromatic carbocycles. The van der Waals surface area contributed by atoms with Crippen molar-refractivity contribution >= 4 is 0 Å². The molecule has 19 heavy (non-hydrogen) atoms. The van der Waals surface area contributed by atoms with Crippen molar-refractivity contribution in [3.63, 3.8) is 0 Å². The summed E-state index contributed by atoms with van der Waals surface area (Å²) in [7, 11) is 0. The van der Waals surface area contributed by atoms with Crippen molar-refractivity contribution in [1.29, 1.82) is 0 Å². The molecule has 0 aliphatic carbocycles. The molecule has 0 radical (unpaired) electrons. The Morgan fingerprint density at radius 2 is 1.74 bits per heavy atom. The number of rotatable bonds is 5. The summed E-state index contributed by atoms with van der Waals surface area (Å²) in [4.78, 5) is 4.03. The molecule has 96 valence electrons. The summed E-state index contributed by atoms with van der Waals surface area (Å²) in [6.07, 6.45) is 9.52. The lowest BCUT2D eigenvalue weighted by Crippen LogP contribution is -2.02. The quantitative estimate of drug-likeness (QED) is 0.700. The van der Waals surface area contributed by atoms with Gasteiger partial charge in [-0.05, 0) is 29.8 Å². The fourth-order valence-corrected chi connectivity index (χ4v) is 1.89. The molecule has 0 saturated carbocycles. The number of hydrogen-bond donors (Lipinski definition) is 0. The van der Waals surface area contributed by atoms with E-state index in [1.165, 1.54) is 5.56 Å². The highest BCUT2D eigenvalue weighted by atomic mass is 16.5. The van der Waals surface area contributed by atoms with E-state index in [0.29, 0.717) is 6.73 Å². The van der Waals surface area contributed by atoms with E-state index < -0.39 is 0 Å². The van der Waals surface area contributed by atoms with Crippen LogP contribution in [0.5, 0.6) is 5.75 Å². The van der Waals surface area contributed by atoms with E-state index in [-0.39, 0.29) is 0 Å². The zero-order valence-electron chi connectivity index (χ0n) is 10.5. The van der Waals surface area contributed by atoms with Crippen LogP contribution in [0, 0.1) is 0 Å². The van der Waals surface area contributed by atoms with Gasteiger partial charge in [0.05, 0.1) is 6.33 Å². The third-order valence-corrected chi connectivity index (χ3v) is 2.89.